The van der Waals surface area contributed by atoms with Gasteiger partial charge in [0.05, 0.1) is 10.4 Å². The number of amides is 1. The third-order valence-electron chi connectivity index (χ3n) is 4.34. The van der Waals surface area contributed by atoms with E-state index < -0.39 is 5.41 Å². The Balaban J connectivity index is 2.31. The number of nitrogens with two attached hydrogens (primary N) is 1. The molecular weight excluding hydrogens is 287 g/mol. The van der Waals surface area contributed by atoms with Crippen molar-refractivity contribution in [3.63, 3.8) is 0 Å². The van der Waals surface area contributed by atoms with Crippen molar-refractivity contribution in [1.82, 2.24) is 0 Å². The highest BCUT2D eigenvalue weighted by Crippen LogP contribution is 2.38. The highest BCUT2D eigenvalue weighted by molar-refractivity contribution is 7.80. The fourth-order valence-corrected chi connectivity index (χ4v) is 3.31. The minimum Gasteiger partial charge on any atom is -0.392 e. The minimum atomic E-state index is -0.785. The summed E-state index contributed by atoms with van der Waals surface area (Å²) in [5.41, 5.74) is 5.67. The van der Waals surface area contributed by atoms with Crippen molar-refractivity contribution < 1.29 is 9.18 Å². The van der Waals surface area contributed by atoms with Gasteiger partial charge in [-0.05, 0) is 31.0 Å². The highest BCUT2D eigenvalue weighted by Gasteiger charge is 2.43. The van der Waals surface area contributed by atoms with Crippen molar-refractivity contribution in [2.45, 2.75) is 38.5 Å². The van der Waals surface area contributed by atoms with Gasteiger partial charge in [-0.25, -0.2) is 4.39 Å². The van der Waals surface area contributed by atoms with Crippen molar-refractivity contribution in [2.75, 3.05) is 11.9 Å². The van der Waals surface area contributed by atoms with Gasteiger partial charge in [0.1, 0.15) is 5.82 Å². The first kappa shape index (κ1) is 15.9. The summed E-state index contributed by atoms with van der Waals surface area (Å²) in [6.07, 6.45) is 5.45. The second-order valence-corrected chi connectivity index (χ2v) is 6.14. The maximum atomic E-state index is 13.4. The smallest absolute Gasteiger partial charge is 0.239 e. The molecule has 1 saturated carbocycles. The van der Waals surface area contributed by atoms with Crippen LogP contribution in [0.3, 0.4) is 0 Å². The molecule has 0 bridgehead atoms. The maximum Gasteiger partial charge on any atom is 0.239 e. The molecule has 0 heterocycles. The zero-order valence-electron chi connectivity index (χ0n) is 12.3. The van der Waals surface area contributed by atoms with E-state index in [1.165, 1.54) is 17.0 Å². The average Bonchev–Trinajstić information content (AvgIpc) is 2.72. The number of rotatable bonds is 3. The van der Waals surface area contributed by atoms with Gasteiger partial charge < -0.3 is 10.6 Å². The molecule has 0 radical (unpaired) electrons. The molecule has 0 atom stereocenters. The quantitative estimate of drug-likeness (QED) is 0.687. The Labute approximate surface area is 130 Å². The third kappa shape index (κ3) is 3.23. The van der Waals surface area contributed by atoms with Crippen molar-refractivity contribution in [2.24, 2.45) is 11.1 Å². The monoisotopic (exact) mass is 308 g/mol. The van der Waals surface area contributed by atoms with Gasteiger partial charge in [0.2, 0.25) is 5.91 Å². The van der Waals surface area contributed by atoms with Crippen LogP contribution in [0.2, 0.25) is 0 Å². The second kappa shape index (κ2) is 6.52. The topological polar surface area (TPSA) is 46.3 Å². The van der Waals surface area contributed by atoms with Crippen molar-refractivity contribution in [1.29, 1.82) is 0 Å². The third-order valence-corrected chi connectivity index (χ3v) is 4.73. The zero-order chi connectivity index (χ0) is 15.5. The molecule has 1 fully saturated rings. The maximum absolute atomic E-state index is 13.4. The Kier molecular flexibility index (Phi) is 4.93. The summed E-state index contributed by atoms with van der Waals surface area (Å²) in [6.45, 7) is 0. The van der Waals surface area contributed by atoms with Gasteiger partial charge in [-0.2, -0.15) is 0 Å². The van der Waals surface area contributed by atoms with Crippen molar-refractivity contribution in [3.8, 4) is 0 Å². The van der Waals surface area contributed by atoms with Crippen molar-refractivity contribution in [3.05, 3.63) is 30.1 Å². The number of carbonyl (C=O) groups excluding carboxylic acids is 1. The first-order valence-corrected chi connectivity index (χ1v) is 7.72. The lowest BCUT2D eigenvalue weighted by Gasteiger charge is -2.34. The number of benzene rings is 1. The molecular formula is C16H21FN2OS. The molecule has 3 nitrogen and oxygen atoms in total. The van der Waals surface area contributed by atoms with Crippen LogP contribution in [0.4, 0.5) is 10.1 Å². The lowest BCUT2D eigenvalue weighted by Crippen LogP contribution is -2.49. The standard InChI is InChI=1S/C16H21FN2OS/c1-19(13-8-6-7-12(17)11-13)15(20)16(14(18)21)9-4-2-3-5-10-16/h6-8,11H,2-5,9-10H2,1H3,(H2,18,21). The first-order valence-electron chi connectivity index (χ1n) is 7.31. The Morgan fingerprint density at radius 3 is 2.43 bits per heavy atom. The molecule has 1 aliphatic carbocycles. The number of halogens is 1. The summed E-state index contributed by atoms with van der Waals surface area (Å²) in [5.74, 6) is -0.486. The largest absolute Gasteiger partial charge is 0.392 e. The van der Waals surface area contributed by atoms with Gasteiger partial charge in [0.15, 0.2) is 0 Å². The van der Waals surface area contributed by atoms with E-state index in [1.807, 2.05) is 0 Å². The normalized spacial score (nSPS) is 17.8. The Bertz CT molecular complexity index is 539. The van der Waals surface area contributed by atoms with Crippen LogP contribution in [-0.4, -0.2) is 17.9 Å². The van der Waals surface area contributed by atoms with Gasteiger partial charge in [-0.3, -0.25) is 4.79 Å². The molecule has 1 aromatic rings. The molecule has 2 rings (SSSR count). The number of carbonyl (C=O) groups is 1. The van der Waals surface area contributed by atoms with Gasteiger partial charge in [-0.1, -0.05) is 44.0 Å². The number of hydrogen-bond donors (Lipinski definition) is 1. The van der Waals surface area contributed by atoms with Gasteiger partial charge >= 0.3 is 0 Å². The fourth-order valence-electron chi connectivity index (χ4n) is 3.02. The molecule has 0 aliphatic heterocycles. The Morgan fingerprint density at radius 2 is 1.90 bits per heavy atom. The number of hydrogen-bond acceptors (Lipinski definition) is 2. The van der Waals surface area contributed by atoms with Crippen LogP contribution in [0.1, 0.15) is 38.5 Å². The molecule has 1 aromatic carbocycles. The van der Waals surface area contributed by atoms with Crippen LogP contribution in [0.5, 0.6) is 0 Å². The molecule has 0 spiro atoms. The van der Waals surface area contributed by atoms with E-state index in [2.05, 4.69) is 0 Å². The SMILES string of the molecule is CN(C(=O)C1(C(N)=S)CCCCCC1)c1cccc(F)c1. The Morgan fingerprint density at radius 1 is 1.29 bits per heavy atom. The van der Waals surface area contributed by atoms with E-state index in [9.17, 15) is 9.18 Å². The lowest BCUT2D eigenvalue weighted by molar-refractivity contribution is -0.125. The highest BCUT2D eigenvalue weighted by atomic mass is 32.1. The van der Waals surface area contributed by atoms with E-state index in [4.69, 9.17) is 18.0 Å². The summed E-state index contributed by atoms with van der Waals surface area (Å²) in [7, 11) is 1.65. The number of anilines is 1. The van der Waals surface area contributed by atoms with E-state index in [0.717, 1.165) is 25.7 Å². The average molecular weight is 308 g/mol. The molecule has 0 aromatic heterocycles. The zero-order valence-corrected chi connectivity index (χ0v) is 13.1. The van der Waals surface area contributed by atoms with Crippen LogP contribution in [0.15, 0.2) is 24.3 Å². The molecule has 21 heavy (non-hydrogen) atoms. The molecule has 1 amide bonds. The summed E-state index contributed by atoms with van der Waals surface area (Å²) in [6, 6.07) is 6.01. The first-order chi connectivity index (χ1) is 9.97. The van der Waals surface area contributed by atoms with E-state index in [0.29, 0.717) is 18.5 Å². The predicted molar refractivity (Wildman–Crippen MR) is 86.7 cm³/mol. The summed E-state index contributed by atoms with van der Waals surface area (Å²) in [5, 5.41) is 0. The molecule has 114 valence electrons. The molecule has 2 N–H and O–H groups in total. The van der Waals surface area contributed by atoms with E-state index in [1.54, 1.807) is 19.2 Å². The Hall–Kier alpha value is -1.49. The predicted octanol–water partition coefficient (Wildman–Crippen LogP) is 3.42. The fraction of sp³-hybridized carbons (Fsp3) is 0.500. The van der Waals surface area contributed by atoms with E-state index in [-0.39, 0.29) is 16.7 Å². The summed E-state index contributed by atoms with van der Waals surface area (Å²) in [4.78, 5) is 14.7. The van der Waals surface area contributed by atoms with Crippen LogP contribution in [0.25, 0.3) is 0 Å². The molecule has 0 saturated heterocycles. The number of thiocarbonyl (C=S) groups is 1. The minimum absolute atomic E-state index is 0.123. The van der Waals surface area contributed by atoms with Crippen LogP contribution >= 0.6 is 12.2 Å². The number of nitrogens with zero attached hydrogens (tertiary/aromatic N) is 1. The van der Waals surface area contributed by atoms with Gasteiger partial charge in [0, 0.05) is 12.7 Å². The van der Waals surface area contributed by atoms with Crippen LogP contribution in [-0.2, 0) is 4.79 Å². The van der Waals surface area contributed by atoms with Crippen molar-refractivity contribution >= 4 is 28.8 Å². The molecule has 5 heteroatoms. The summed E-state index contributed by atoms with van der Waals surface area (Å²) >= 11 is 5.22. The molecule has 0 unspecified atom stereocenters. The second-order valence-electron chi connectivity index (χ2n) is 5.70. The lowest BCUT2D eigenvalue weighted by atomic mass is 9.78. The van der Waals surface area contributed by atoms with Crippen LogP contribution < -0.4 is 10.6 Å². The summed E-state index contributed by atoms with van der Waals surface area (Å²) < 4.78 is 13.4. The van der Waals surface area contributed by atoms with E-state index >= 15 is 0 Å². The van der Waals surface area contributed by atoms with Crippen LogP contribution in [0, 0.1) is 11.2 Å². The van der Waals surface area contributed by atoms with Gasteiger partial charge in [-0.15, -0.1) is 0 Å². The van der Waals surface area contributed by atoms with Gasteiger partial charge in [0.25, 0.3) is 0 Å². The molecule has 1 aliphatic rings.